The standard InChI is InChI=1S/C23H40O9Si/c1-8-19(31-22(24)17(3)12-10-11-13-29-15-20-16-30-20)14-18(4)23(25)32-21(9-2)33(26-5,27-6)28-7/h12,14,19-21H,8-11,13,15-16H2,1-7H3. The second kappa shape index (κ2) is 15.4. The SMILES string of the molecule is CCC(C=C(C)C(=O)OC(CC)[Si](OC)(OC)OC)OC(=O)C(C)=CCCCOCC1CO1. The third-order valence-corrected chi connectivity index (χ3v) is 8.28. The van der Waals surface area contributed by atoms with Crippen LogP contribution in [0.2, 0.25) is 0 Å². The number of unbranched alkanes of at least 4 members (excludes halogenated alkanes) is 1. The highest BCUT2D eigenvalue weighted by Gasteiger charge is 2.49. The van der Waals surface area contributed by atoms with E-state index in [9.17, 15) is 9.59 Å². The minimum absolute atomic E-state index is 0.259. The number of epoxide rings is 1. The zero-order valence-electron chi connectivity index (χ0n) is 21.0. The number of carbonyl (C=O) groups is 2. The predicted octanol–water partition coefficient (Wildman–Crippen LogP) is 3.14. The predicted molar refractivity (Wildman–Crippen MR) is 124 cm³/mol. The van der Waals surface area contributed by atoms with E-state index in [0.717, 1.165) is 13.0 Å². The van der Waals surface area contributed by atoms with Gasteiger partial charge < -0.3 is 32.2 Å². The van der Waals surface area contributed by atoms with E-state index in [1.807, 2.05) is 19.9 Å². The second-order valence-corrected chi connectivity index (χ2v) is 10.9. The Bertz CT molecular complexity index is 661. The molecule has 1 saturated heterocycles. The van der Waals surface area contributed by atoms with Gasteiger partial charge in [0.05, 0.1) is 13.2 Å². The summed E-state index contributed by atoms with van der Waals surface area (Å²) in [6.07, 6.45) is 5.66. The normalized spacial score (nSPS) is 18.6. The van der Waals surface area contributed by atoms with Crippen molar-refractivity contribution in [3.05, 3.63) is 23.3 Å². The van der Waals surface area contributed by atoms with Gasteiger partial charge in [-0.15, -0.1) is 0 Å². The van der Waals surface area contributed by atoms with Crippen LogP contribution in [-0.4, -0.2) is 79.8 Å². The van der Waals surface area contributed by atoms with Gasteiger partial charge in [-0.1, -0.05) is 19.9 Å². The summed E-state index contributed by atoms with van der Waals surface area (Å²) in [4.78, 5) is 25.1. The van der Waals surface area contributed by atoms with Crippen LogP contribution in [0.1, 0.15) is 53.4 Å². The third-order valence-electron chi connectivity index (χ3n) is 5.26. The summed E-state index contributed by atoms with van der Waals surface area (Å²) in [5, 5.41) is 0. The molecule has 0 aromatic rings. The average Bonchev–Trinajstić information content (AvgIpc) is 3.65. The van der Waals surface area contributed by atoms with Gasteiger partial charge in [-0.05, 0) is 45.6 Å². The smallest absolute Gasteiger partial charge is 0.455 e. The minimum atomic E-state index is -3.15. The Kier molecular flexibility index (Phi) is 13.7. The van der Waals surface area contributed by atoms with Gasteiger partial charge in [-0.2, -0.15) is 0 Å². The molecule has 0 amide bonds. The first-order valence-corrected chi connectivity index (χ1v) is 13.2. The lowest BCUT2D eigenvalue weighted by Gasteiger charge is -2.31. The van der Waals surface area contributed by atoms with Crippen molar-refractivity contribution in [3.8, 4) is 0 Å². The summed E-state index contributed by atoms with van der Waals surface area (Å²) in [6.45, 7) is 9.10. The molecule has 3 atom stereocenters. The van der Waals surface area contributed by atoms with Crippen LogP contribution < -0.4 is 0 Å². The topological polar surface area (TPSA) is 102 Å². The highest BCUT2D eigenvalue weighted by Crippen LogP contribution is 2.20. The highest BCUT2D eigenvalue weighted by atomic mass is 28.4. The van der Waals surface area contributed by atoms with Crippen LogP contribution >= 0.6 is 0 Å². The van der Waals surface area contributed by atoms with Crippen LogP contribution in [0, 0.1) is 0 Å². The van der Waals surface area contributed by atoms with Crippen molar-refractivity contribution >= 4 is 20.7 Å². The van der Waals surface area contributed by atoms with Crippen molar-refractivity contribution in [2.75, 3.05) is 41.2 Å². The molecule has 3 unspecified atom stereocenters. The lowest BCUT2D eigenvalue weighted by atomic mass is 10.1. The molecule has 33 heavy (non-hydrogen) atoms. The van der Waals surface area contributed by atoms with Gasteiger partial charge in [0.2, 0.25) is 0 Å². The Balaban J connectivity index is 2.60. The van der Waals surface area contributed by atoms with E-state index in [4.69, 9.17) is 32.2 Å². The van der Waals surface area contributed by atoms with E-state index in [-0.39, 0.29) is 6.10 Å². The van der Waals surface area contributed by atoms with E-state index >= 15 is 0 Å². The summed E-state index contributed by atoms with van der Waals surface area (Å²) in [5.41, 5.74) is 0.203. The minimum Gasteiger partial charge on any atom is -0.455 e. The maximum atomic E-state index is 12.6. The molecule has 0 aliphatic carbocycles. The first-order valence-electron chi connectivity index (χ1n) is 11.4. The number of rotatable bonds is 17. The van der Waals surface area contributed by atoms with Crippen molar-refractivity contribution in [2.24, 2.45) is 0 Å². The van der Waals surface area contributed by atoms with Crippen molar-refractivity contribution in [1.82, 2.24) is 0 Å². The number of esters is 2. The number of hydrogen-bond acceptors (Lipinski definition) is 9. The van der Waals surface area contributed by atoms with Gasteiger partial charge in [-0.3, -0.25) is 0 Å². The van der Waals surface area contributed by atoms with Crippen molar-refractivity contribution in [2.45, 2.75) is 71.3 Å². The summed E-state index contributed by atoms with van der Waals surface area (Å²) in [7, 11) is 1.26. The molecule has 10 heteroatoms. The molecule has 0 bridgehead atoms. The monoisotopic (exact) mass is 488 g/mol. The van der Waals surface area contributed by atoms with E-state index in [1.165, 1.54) is 21.3 Å². The van der Waals surface area contributed by atoms with Gasteiger partial charge in [-0.25, -0.2) is 9.59 Å². The lowest BCUT2D eigenvalue weighted by molar-refractivity contribution is -0.145. The fourth-order valence-electron chi connectivity index (χ4n) is 3.05. The summed E-state index contributed by atoms with van der Waals surface area (Å²) >= 11 is 0. The molecule has 190 valence electrons. The Labute approximate surface area is 198 Å². The summed E-state index contributed by atoms with van der Waals surface area (Å²) in [5.74, 6) is -0.953. The maximum absolute atomic E-state index is 12.6. The quantitative estimate of drug-likeness (QED) is 0.100. The van der Waals surface area contributed by atoms with Gasteiger partial charge in [0.15, 0.2) is 5.73 Å². The number of ether oxygens (including phenoxy) is 4. The molecule has 0 radical (unpaired) electrons. The van der Waals surface area contributed by atoms with Gasteiger partial charge in [0.1, 0.15) is 12.2 Å². The molecular weight excluding hydrogens is 448 g/mol. The molecule has 0 spiro atoms. The number of hydrogen-bond donors (Lipinski definition) is 0. The van der Waals surface area contributed by atoms with E-state index in [2.05, 4.69) is 0 Å². The summed E-state index contributed by atoms with van der Waals surface area (Å²) in [6, 6.07) is 0. The molecule has 1 fully saturated rings. The molecule has 0 N–H and O–H groups in total. The van der Waals surface area contributed by atoms with Crippen LogP contribution in [0.5, 0.6) is 0 Å². The van der Waals surface area contributed by atoms with E-state index in [0.29, 0.717) is 43.6 Å². The Hall–Kier alpha value is -1.56. The van der Waals surface area contributed by atoms with Gasteiger partial charge in [0.25, 0.3) is 0 Å². The first-order chi connectivity index (χ1) is 15.8. The molecule has 1 heterocycles. The van der Waals surface area contributed by atoms with Crippen LogP contribution in [0.3, 0.4) is 0 Å². The molecule has 1 aliphatic heterocycles. The fourth-order valence-corrected chi connectivity index (χ4v) is 5.09. The average molecular weight is 489 g/mol. The molecule has 1 rings (SSSR count). The van der Waals surface area contributed by atoms with E-state index in [1.54, 1.807) is 19.9 Å². The Morgan fingerprint density at radius 3 is 2.12 bits per heavy atom. The van der Waals surface area contributed by atoms with Crippen molar-refractivity contribution in [3.63, 3.8) is 0 Å². The molecule has 9 nitrogen and oxygen atoms in total. The Morgan fingerprint density at radius 2 is 1.61 bits per heavy atom. The van der Waals surface area contributed by atoms with E-state index < -0.39 is 32.6 Å². The summed E-state index contributed by atoms with van der Waals surface area (Å²) < 4.78 is 38.0. The van der Waals surface area contributed by atoms with Crippen LogP contribution in [-0.2, 0) is 41.8 Å². The third kappa shape index (κ3) is 10.1. The van der Waals surface area contributed by atoms with Crippen LogP contribution in [0.4, 0.5) is 0 Å². The maximum Gasteiger partial charge on any atom is 0.543 e. The van der Waals surface area contributed by atoms with Crippen molar-refractivity contribution in [1.29, 1.82) is 0 Å². The largest absolute Gasteiger partial charge is 0.543 e. The van der Waals surface area contributed by atoms with Gasteiger partial charge in [0, 0.05) is 39.1 Å². The molecular formula is C23H40O9Si. The van der Waals surface area contributed by atoms with Crippen molar-refractivity contribution < 1.29 is 41.8 Å². The molecule has 0 aromatic heterocycles. The number of allylic oxidation sites excluding steroid dienone is 1. The Morgan fingerprint density at radius 1 is 1.00 bits per heavy atom. The molecule has 0 aromatic carbocycles. The van der Waals surface area contributed by atoms with Gasteiger partial charge >= 0.3 is 20.7 Å². The second-order valence-electron chi connectivity index (χ2n) is 7.78. The van der Waals surface area contributed by atoms with Crippen LogP contribution in [0.15, 0.2) is 23.3 Å². The number of carbonyl (C=O) groups excluding carboxylic acids is 2. The highest BCUT2D eigenvalue weighted by molar-refractivity contribution is 6.62. The van der Waals surface area contributed by atoms with Crippen LogP contribution in [0.25, 0.3) is 0 Å². The lowest BCUT2D eigenvalue weighted by Crippen LogP contribution is -2.56. The zero-order chi connectivity index (χ0) is 24.9. The first kappa shape index (κ1) is 29.5. The zero-order valence-corrected chi connectivity index (χ0v) is 22.0. The molecule has 0 saturated carbocycles. The molecule has 1 aliphatic rings. The fraction of sp³-hybridized carbons (Fsp3) is 0.739.